The summed E-state index contributed by atoms with van der Waals surface area (Å²) in [6, 6.07) is 0.756. The van der Waals surface area contributed by atoms with Crippen molar-refractivity contribution in [1.82, 2.24) is 9.97 Å². The van der Waals surface area contributed by atoms with Crippen LogP contribution in [0.5, 0.6) is 0 Å². The van der Waals surface area contributed by atoms with Gasteiger partial charge in [0.1, 0.15) is 5.82 Å². The lowest BCUT2D eigenvalue weighted by atomic mass is 9.91. The zero-order valence-corrected chi connectivity index (χ0v) is 10.2. The third-order valence-electron chi connectivity index (χ3n) is 3.87. The van der Waals surface area contributed by atoms with E-state index in [0.29, 0.717) is 0 Å². The van der Waals surface area contributed by atoms with Gasteiger partial charge >= 0.3 is 0 Å². The molecule has 0 N–H and O–H groups in total. The topological polar surface area (TPSA) is 29.0 Å². The molecule has 3 rings (SSSR count). The van der Waals surface area contributed by atoms with Crippen LogP contribution in [0.4, 0.5) is 5.69 Å². The highest BCUT2D eigenvalue weighted by molar-refractivity contribution is 5.57. The molecule has 1 aromatic rings. The predicted octanol–water partition coefficient (Wildman–Crippen LogP) is 2.40. The summed E-state index contributed by atoms with van der Waals surface area (Å²) in [4.78, 5) is 11.7. The van der Waals surface area contributed by atoms with Crippen molar-refractivity contribution in [3.05, 3.63) is 17.2 Å². The molecule has 0 amide bonds. The van der Waals surface area contributed by atoms with Gasteiger partial charge in [0.2, 0.25) is 0 Å². The highest BCUT2D eigenvalue weighted by Crippen LogP contribution is 2.35. The molecule has 1 aromatic heterocycles. The molecule has 0 aliphatic carbocycles. The van der Waals surface area contributed by atoms with Crippen molar-refractivity contribution in [3.63, 3.8) is 0 Å². The smallest absolute Gasteiger partial charge is 0.125 e. The fourth-order valence-corrected chi connectivity index (χ4v) is 3.22. The van der Waals surface area contributed by atoms with Crippen molar-refractivity contribution in [3.8, 4) is 0 Å². The summed E-state index contributed by atoms with van der Waals surface area (Å²) in [6.45, 7) is 5.32. The van der Waals surface area contributed by atoms with E-state index in [1.807, 2.05) is 6.92 Å². The van der Waals surface area contributed by atoms with E-state index in [1.165, 1.54) is 49.3 Å². The van der Waals surface area contributed by atoms with Crippen LogP contribution in [0.1, 0.15) is 42.9 Å². The standard InChI is InChI=1S/C13H19N3/c1-9-13-12(15-10(2)14-9)7-6-11-5-3-4-8-16(11)13/h11H,3-8H2,1-2H3. The molecular weight excluding hydrogens is 198 g/mol. The molecule has 3 heterocycles. The van der Waals surface area contributed by atoms with Crippen molar-refractivity contribution in [2.24, 2.45) is 0 Å². The summed E-state index contributed by atoms with van der Waals surface area (Å²) in [7, 11) is 0. The molecule has 0 bridgehead atoms. The van der Waals surface area contributed by atoms with E-state index in [-0.39, 0.29) is 0 Å². The van der Waals surface area contributed by atoms with Crippen LogP contribution in [0.15, 0.2) is 0 Å². The maximum Gasteiger partial charge on any atom is 0.125 e. The molecule has 0 aromatic carbocycles. The van der Waals surface area contributed by atoms with E-state index < -0.39 is 0 Å². The van der Waals surface area contributed by atoms with Gasteiger partial charge < -0.3 is 4.90 Å². The zero-order valence-electron chi connectivity index (χ0n) is 10.2. The molecule has 16 heavy (non-hydrogen) atoms. The fraction of sp³-hybridized carbons (Fsp3) is 0.692. The summed E-state index contributed by atoms with van der Waals surface area (Å²) in [6.07, 6.45) is 6.49. The first-order valence-corrected chi connectivity index (χ1v) is 6.36. The number of aryl methyl sites for hydroxylation is 3. The maximum atomic E-state index is 4.61. The lowest BCUT2D eigenvalue weighted by Gasteiger charge is -2.42. The number of piperidine rings is 1. The average molecular weight is 217 g/mol. The molecule has 1 fully saturated rings. The third kappa shape index (κ3) is 1.49. The van der Waals surface area contributed by atoms with E-state index in [0.717, 1.165) is 18.3 Å². The molecule has 0 spiro atoms. The van der Waals surface area contributed by atoms with Crippen LogP contribution in [-0.4, -0.2) is 22.6 Å². The maximum absolute atomic E-state index is 4.61. The summed E-state index contributed by atoms with van der Waals surface area (Å²) >= 11 is 0. The van der Waals surface area contributed by atoms with Gasteiger partial charge in [-0.3, -0.25) is 0 Å². The van der Waals surface area contributed by atoms with Gasteiger partial charge in [0, 0.05) is 12.6 Å². The Hall–Kier alpha value is -1.12. The minimum Gasteiger partial charge on any atom is -0.366 e. The number of nitrogens with zero attached hydrogens (tertiary/aromatic N) is 3. The first-order valence-electron chi connectivity index (χ1n) is 6.36. The van der Waals surface area contributed by atoms with Gasteiger partial charge in [0.05, 0.1) is 17.1 Å². The molecule has 0 saturated carbocycles. The van der Waals surface area contributed by atoms with Crippen LogP contribution in [0, 0.1) is 13.8 Å². The molecule has 0 radical (unpaired) electrons. The SMILES string of the molecule is Cc1nc(C)c2c(n1)CCC1CCCCN21. The number of anilines is 1. The fourth-order valence-electron chi connectivity index (χ4n) is 3.22. The van der Waals surface area contributed by atoms with Crippen molar-refractivity contribution < 1.29 is 0 Å². The molecule has 2 aliphatic heterocycles. The van der Waals surface area contributed by atoms with Crippen molar-refractivity contribution >= 4 is 5.69 Å². The Morgan fingerprint density at radius 1 is 1.12 bits per heavy atom. The zero-order chi connectivity index (χ0) is 11.1. The second-order valence-corrected chi connectivity index (χ2v) is 5.03. The average Bonchev–Trinajstić information content (AvgIpc) is 2.28. The summed E-state index contributed by atoms with van der Waals surface area (Å²) in [5.41, 5.74) is 3.80. The number of hydrogen-bond acceptors (Lipinski definition) is 3. The number of rotatable bonds is 0. The Balaban J connectivity index is 2.07. The van der Waals surface area contributed by atoms with Crippen LogP contribution in [-0.2, 0) is 6.42 Å². The second kappa shape index (κ2) is 3.72. The molecule has 2 aliphatic rings. The van der Waals surface area contributed by atoms with E-state index in [4.69, 9.17) is 0 Å². The molecule has 3 nitrogen and oxygen atoms in total. The monoisotopic (exact) mass is 217 g/mol. The van der Waals surface area contributed by atoms with Gasteiger partial charge in [0.25, 0.3) is 0 Å². The first kappa shape index (κ1) is 10.1. The van der Waals surface area contributed by atoms with Gasteiger partial charge in [0.15, 0.2) is 0 Å². The molecule has 3 heteroatoms. The third-order valence-corrected chi connectivity index (χ3v) is 3.87. The van der Waals surface area contributed by atoms with Crippen LogP contribution >= 0.6 is 0 Å². The van der Waals surface area contributed by atoms with Crippen molar-refractivity contribution in [2.45, 2.75) is 52.0 Å². The number of fused-ring (bicyclic) bond motifs is 3. The molecule has 86 valence electrons. The Morgan fingerprint density at radius 3 is 2.88 bits per heavy atom. The van der Waals surface area contributed by atoms with Crippen LogP contribution in [0.2, 0.25) is 0 Å². The Morgan fingerprint density at radius 2 is 2.00 bits per heavy atom. The predicted molar refractivity (Wildman–Crippen MR) is 64.8 cm³/mol. The summed E-state index contributed by atoms with van der Waals surface area (Å²) in [5.74, 6) is 0.923. The van der Waals surface area contributed by atoms with E-state index >= 15 is 0 Å². The number of aromatic nitrogens is 2. The molecule has 1 unspecified atom stereocenters. The van der Waals surface area contributed by atoms with Gasteiger partial charge in [-0.15, -0.1) is 0 Å². The molecule has 1 saturated heterocycles. The summed E-state index contributed by atoms with van der Waals surface area (Å²) < 4.78 is 0. The van der Waals surface area contributed by atoms with Gasteiger partial charge in [-0.25, -0.2) is 9.97 Å². The van der Waals surface area contributed by atoms with Crippen LogP contribution in [0.25, 0.3) is 0 Å². The van der Waals surface area contributed by atoms with Crippen LogP contribution < -0.4 is 4.90 Å². The van der Waals surface area contributed by atoms with Crippen molar-refractivity contribution in [2.75, 3.05) is 11.4 Å². The quantitative estimate of drug-likeness (QED) is 0.668. The lowest BCUT2D eigenvalue weighted by molar-refractivity contribution is 0.419. The van der Waals surface area contributed by atoms with Gasteiger partial charge in [-0.2, -0.15) is 0 Å². The molecule has 1 atom stereocenters. The van der Waals surface area contributed by atoms with E-state index in [9.17, 15) is 0 Å². The Kier molecular flexibility index (Phi) is 2.34. The number of hydrogen-bond donors (Lipinski definition) is 0. The minimum atomic E-state index is 0.756. The molecular formula is C13H19N3. The Labute approximate surface area is 96.9 Å². The van der Waals surface area contributed by atoms with Gasteiger partial charge in [-0.1, -0.05) is 0 Å². The highest BCUT2D eigenvalue weighted by Gasteiger charge is 2.30. The van der Waals surface area contributed by atoms with E-state index in [1.54, 1.807) is 0 Å². The Bertz CT molecular complexity index is 414. The highest BCUT2D eigenvalue weighted by atomic mass is 15.2. The summed E-state index contributed by atoms with van der Waals surface area (Å²) in [5, 5.41) is 0. The first-order chi connectivity index (χ1) is 7.75. The van der Waals surface area contributed by atoms with Crippen molar-refractivity contribution in [1.29, 1.82) is 0 Å². The van der Waals surface area contributed by atoms with Crippen LogP contribution in [0.3, 0.4) is 0 Å². The normalized spacial score (nSPS) is 23.9. The second-order valence-electron chi connectivity index (χ2n) is 5.03. The van der Waals surface area contributed by atoms with Gasteiger partial charge in [-0.05, 0) is 46.0 Å². The minimum absolute atomic E-state index is 0.756. The van der Waals surface area contributed by atoms with E-state index in [2.05, 4.69) is 21.8 Å². The largest absolute Gasteiger partial charge is 0.366 e. The lowest BCUT2D eigenvalue weighted by Crippen LogP contribution is -2.43.